The van der Waals surface area contributed by atoms with Crippen molar-refractivity contribution in [3.63, 3.8) is 0 Å². The van der Waals surface area contributed by atoms with E-state index in [2.05, 4.69) is 16.9 Å². The highest BCUT2D eigenvalue weighted by molar-refractivity contribution is 7.13. The summed E-state index contributed by atoms with van der Waals surface area (Å²) in [7, 11) is 0. The number of nitrogens with two attached hydrogens (primary N) is 1. The van der Waals surface area contributed by atoms with E-state index in [1.807, 2.05) is 11.4 Å². The number of rotatable bonds is 8. The molecular weight excluding hydrogens is 361 g/mol. The summed E-state index contributed by atoms with van der Waals surface area (Å²) < 4.78 is 37.6. The number of unbranched alkanes of at least 4 members (excludes halogenated alkanes) is 3. The van der Waals surface area contributed by atoms with Crippen LogP contribution in [0.3, 0.4) is 0 Å². The molecule has 0 atom stereocenters. The number of allylic oxidation sites excluding steroid dienone is 2. The van der Waals surface area contributed by atoms with Gasteiger partial charge < -0.3 is 5.73 Å². The maximum absolute atomic E-state index is 12.5. The molecule has 0 radical (unpaired) electrons. The number of alkyl halides is 3. The second-order valence-electron chi connectivity index (χ2n) is 5.86. The van der Waals surface area contributed by atoms with Crippen molar-refractivity contribution in [2.24, 2.45) is 5.73 Å². The molecule has 0 saturated heterocycles. The minimum atomic E-state index is -4.68. The van der Waals surface area contributed by atoms with Crippen LogP contribution < -0.4 is 5.73 Å². The molecule has 0 aliphatic rings. The van der Waals surface area contributed by atoms with Crippen molar-refractivity contribution in [3.8, 4) is 10.6 Å². The first-order valence-electron chi connectivity index (χ1n) is 8.36. The Hall–Kier alpha value is -2.22. The Bertz CT molecular complexity index is 781. The lowest BCUT2D eigenvalue weighted by Gasteiger charge is -2.07. The van der Waals surface area contributed by atoms with Crippen molar-refractivity contribution in [3.05, 3.63) is 46.9 Å². The predicted octanol–water partition coefficient (Wildman–Crippen LogP) is 5.10. The molecule has 0 fully saturated rings. The van der Waals surface area contributed by atoms with Crippen LogP contribution in [0.25, 0.3) is 10.6 Å². The van der Waals surface area contributed by atoms with E-state index in [0.29, 0.717) is 11.8 Å². The van der Waals surface area contributed by atoms with Gasteiger partial charge in [0.2, 0.25) is 0 Å². The molecular formula is C18H21F3N4S. The van der Waals surface area contributed by atoms with E-state index in [9.17, 15) is 13.2 Å². The van der Waals surface area contributed by atoms with Crippen molar-refractivity contribution in [1.29, 1.82) is 5.41 Å². The maximum Gasteiger partial charge on any atom is 0.430 e. The van der Waals surface area contributed by atoms with E-state index >= 15 is 0 Å². The number of thiophene rings is 1. The molecule has 0 aliphatic carbocycles. The Morgan fingerprint density at radius 3 is 2.73 bits per heavy atom. The summed E-state index contributed by atoms with van der Waals surface area (Å²) in [6, 6.07) is 3.75. The van der Waals surface area contributed by atoms with Gasteiger partial charge in [-0.1, -0.05) is 26.2 Å². The Labute approximate surface area is 154 Å². The summed E-state index contributed by atoms with van der Waals surface area (Å²) >= 11 is 1.52. The van der Waals surface area contributed by atoms with Crippen LogP contribution in [0.2, 0.25) is 0 Å². The molecule has 2 aromatic rings. The first-order valence-corrected chi connectivity index (χ1v) is 9.24. The highest BCUT2D eigenvalue weighted by Crippen LogP contribution is 2.29. The zero-order chi connectivity index (χ0) is 19.2. The first-order chi connectivity index (χ1) is 12.3. The standard InChI is InChI=1S/C18H21F3N4S/c1-2-3-4-5-6-12-8-10-26-16(12)14-7-9-24-17(25-14)13(22)11-15(23)18(19,20)21/h7-11,22H,2-6,23H2,1H3. The number of nitrogens with zero attached hydrogens (tertiary/aromatic N) is 2. The van der Waals surface area contributed by atoms with Crippen molar-refractivity contribution in [1.82, 2.24) is 9.97 Å². The molecule has 0 aliphatic heterocycles. The van der Waals surface area contributed by atoms with Crippen LogP contribution in [-0.2, 0) is 6.42 Å². The van der Waals surface area contributed by atoms with Crippen LogP contribution in [0.1, 0.15) is 44.0 Å². The third-order valence-corrected chi connectivity index (χ3v) is 4.78. The van der Waals surface area contributed by atoms with Gasteiger partial charge in [-0.25, -0.2) is 9.97 Å². The van der Waals surface area contributed by atoms with Crippen LogP contribution in [0.5, 0.6) is 0 Å². The molecule has 3 N–H and O–H groups in total. The summed E-state index contributed by atoms with van der Waals surface area (Å²) in [6.45, 7) is 2.16. The van der Waals surface area contributed by atoms with Crippen molar-refractivity contribution in [2.75, 3.05) is 0 Å². The number of hydrogen-bond donors (Lipinski definition) is 2. The van der Waals surface area contributed by atoms with Gasteiger partial charge in [-0.3, -0.25) is 5.41 Å². The molecule has 0 bridgehead atoms. The van der Waals surface area contributed by atoms with Gasteiger partial charge in [-0.2, -0.15) is 13.2 Å². The minimum Gasteiger partial charge on any atom is -0.395 e. The maximum atomic E-state index is 12.5. The van der Waals surface area contributed by atoms with E-state index in [-0.39, 0.29) is 5.82 Å². The number of halogens is 3. The van der Waals surface area contributed by atoms with Gasteiger partial charge in [0.05, 0.1) is 10.6 Å². The van der Waals surface area contributed by atoms with Crippen LogP contribution in [0.15, 0.2) is 35.5 Å². The molecule has 0 unspecified atom stereocenters. The fourth-order valence-electron chi connectivity index (χ4n) is 2.42. The van der Waals surface area contributed by atoms with Gasteiger partial charge >= 0.3 is 6.18 Å². The summed E-state index contributed by atoms with van der Waals surface area (Å²) in [5.74, 6) is -0.0833. The predicted molar refractivity (Wildman–Crippen MR) is 98.3 cm³/mol. The second kappa shape index (κ2) is 8.93. The van der Waals surface area contributed by atoms with E-state index in [1.54, 1.807) is 6.07 Å². The third-order valence-electron chi connectivity index (χ3n) is 3.80. The van der Waals surface area contributed by atoms with Crippen LogP contribution in [-0.4, -0.2) is 21.9 Å². The highest BCUT2D eigenvalue weighted by atomic mass is 32.1. The van der Waals surface area contributed by atoms with Crippen molar-refractivity contribution in [2.45, 2.75) is 45.2 Å². The van der Waals surface area contributed by atoms with Crippen LogP contribution in [0.4, 0.5) is 13.2 Å². The van der Waals surface area contributed by atoms with Crippen molar-refractivity contribution < 1.29 is 13.2 Å². The quantitative estimate of drug-likeness (QED) is 0.493. The number of nitrogens with one attached hydrogen (secondary N) is 1. The second-order valence-corrected chi connectivity index (χ2v) is 6.78. The van der Waals surface area contributed by atoms with Crippen molar-refractivity contribution >= 4 is 17.0 Å². The highest BCUT2D eigenvalue weighted by Gasteiger charge is 2.31. The number of aromatic nitrogens is 2. The van der Waals surface area contributed by atoms with Gasteiger partial charge in [-0.05, 0) is 42.0 Å². The monoisotopic (exact) mass is 382 g/mol. The SMILES string of the molecule is CCCCCCc1ccsc1-c1ccnc(C(=N)C=C(N)C(F)(F)F)n1. The molecule has 140 valence electrons. The number of hydrogen-bond acceptors (Lipinski definition) is 5. The lowest BCUT2D eigenvalue weighted by atomic mass is 10.1. The lowest BCUT2D eigenvalue weighted by Crippen LogP contribution is -2.21. The fourth-order valence-corrected chi connectivity index (χ4v) is 3.34. The van der Waals surface area contributed by atoms with E-state index < -0.39 is 17.6 Å². The van der Waals surface area contributed by atoms with Crippen LogP contribution in [0, 0.1) is 5.41 Å². The third kappa shape index (κ3) is 5.39. The van der Waals surface area contributed by atoms with E-state index in [4.69, 9.17) is 11.1 Å². The van der Waals surface area contributed by atoms with Gasteiger partial charge in [0.25, 0.3) is 0 Å². The summed E-state index contributed by atoms with van der Waals surface area (Å²) in [5, 5.41) is 9.77. The molecule has 0 amide bonds. The van der Waals surface area contributed by atoms with Gasteiger partial charge in [0, 0.05) is 6.20 Å². The molecule has 0 saturated carbocycles. The van der Waals surface area contributed by atoms with Gasteiger partial charge in [0.15, 0.2) is 5.82 Å². The molecule has 2 heterocycles. The minimum absolute atomic E-state index is 0.0833. The Morgan fingerprint density at radius 1 is 1.27 bits per heavy atom. The molecule has 26 heavy (non-hydrogen) atoms. The smallest absolute Gasteiger partial charge is 0.395 e. The molecule has 0 spiro atoms. The largest absolute Gasteiger partial charge is 0.430 e. The van der Waals surface area contributed by atoms with E-state index in [1.165, 1.54) is 30.4 Å². The molecule has 8 heteroatoms. The average Bonchev–Trinajstić information content (AvgIpc) is 3.06. The van der Waals surface area contributed by atoms with Gasteiger partial charge in [0.1, 0.15) is 11.4 Å². The summed E-state index contributed by atoms with van der Waals surface area (Å²) in [6.07, 6.45) is 2.84. The molecule has 4 nitrogen and oxygen atoms in total. The lowest BCUT2D eigenvalue weighted by molar-refractivity contribution is -0.0925. The topological polar surface area (TPSA) is 75.7 Å². The Morgan fingerprint density at radius 2 is 2.04 bits per heavy atom. The zero-order valence-electron chi connectivity index (χ0n) is 14.4. The molecule has 2 aromatic heterocycles. The Balaban J connectivity index is 2.20. The van der Waals surface area contributed by atoms with Crippen LogP contribution >= 0.6 is 11.3 Å². The molecule has 2 rings (SSSR count). The average molecular weight is 382 g/mol. The summed E-state index contributed by atoms with van der Waals surface area (Å²) in [4.78, 5) is 9.13. The molecule has 0 aromatic carbocycles. The summed E-state index contributed by atoms with van der Waals surface area (Å²) in [5.41, 5.74) is 4.92. The zero-order valence-corrected chi connectivity index (χ0v) is 15.3. The van der Waals surface area contributed by atoms with Gasteiger partial charge in [-0.15, -0.1) is 11.3 Å². The Kier molecular flexibility index (Phi) is 6.90. The van der Waals surface area contributed by atoms with E-state index in [0.717, 1.165) is 29.7 Å². The first kappa shape index (κ1) is 20.1. The normalized spacial score (nSPS) is 12.4. The fraction of sp³-hybridized carbons (Fsp3) is 0.389. The number of aryl methyl sites for hydroxylation is 1.